The molecule has 1 aromatic heterocycles. The van der Waals surface area contributed by atoms with Crippen LogP contribution < -0.4 is 4.90 Å². The molecule has 0 aliphatic carbocycles. The van der Waals surface area contributed by atoms with Gasteiger partial charge in [0.25, 0.3) is 0 Å². The van der Waals surface area contributed by atoms with E-state index >= 15 is 0 Å². The van der Waals surface area contributed by atoms with Gasteiger partial charge in [-0.1, -0.05) is 37.3 Å². The number of likely N-dealkylation sites (tertiary alicyclic amines) is 1. The van der Waals surface area contributed by atoms with Crippen molar-refractivity contribution in [2.75, 3.05) is 18.0 Å². The fourth-order valence-electron chi connectivity index (χ4n) is 3.41. The Morgan fingerprint density at radius 2 is 1.79 bits per heavy atom. The number of hydrogen-bond donors (Lipinski definition) is 0. The van der Waals surface area contributed by atoms with Crippen LogP contribution in [0.3, 0.4) is 0 Å². The van der Waals surface area contributed by atoms with Crippen LogP contribution in [-0.2, 0) is 11.3 Å². The van der Waals surface area contributed by atoms with Gasteiger partial charge >= 0.3 is 0 Å². The number of amides is 1. The van der Waals surface area contributed by atoms with Crippen molar-refractivity contribution < 1.29 is 4.79 Å². The second kappa shape index (κ2) is 8.06. The minimum atomic E-state index is 0.197. The maximum absolute atomic E-state index is 12.5. The van der Waals surface area contributed by atoms with Crippen molar-refractivity contribution in [1.82, 2.24) is 9.88 Å². The fourth-order valence-corrected chi connectivity index (χ4v) is 3.41. The summed E-state index contributed by atoms with van der Waals surface area (Å²) in [6, 6.07) is 14.7. The topological polar surface area (TPSA) is 36.4 Å². The maximum Gasteiger partial charge on any atom is 0.226 e. The van der Waals surface area contributed by atoms with Gasteiger partial charge in [0.15, 0.2) is 0 Å². The van der Waals surface area contributed by atoms with Crippen LogP contribution in [0.1, 0.15) is 31.7 Å². The lowest BCUT2D eigenvalue weighted by Crippen LogP contribution is -2.47. The summed E-state index contributed by atoms with van der Waals surface area (Å²) in [5, 5.41) is 0. The van der Waals surface area contributed by atoms with E-state index in [2.05, 4.69) is 40.2 Å². The first kappa shape index (κ1) is 16.7. The predicted molar refractivity (Wildman–Crippen MR) is 96.8 cm³/mol. The van der Waals surface area contributed by atoms with E-state index in [-0.39, 0.29) is 11.9 Å². The molecule has 4 heteroatoms. The Kier molecular flexibility index (Phi) is 5.59. The minimum absolute atomic E-state index is 0.197. The van der Waals surface area contributed by atoms with E-state index in [1.807, 2.05) is 24.0 Å². The van der Waals surface area contributed by atoms with Gasteiger partial charge in [0.2, 0.25) is 5.91 Å². The Bertz CT molecular complexity index is 636. The Labute approximate surface area is 144 Å². The van der Waals surface area contributed by atoms with Gasteiger partial charge in [-0.15, -0.1) is 0 Å². The van der Waals surface area contributed by atoms with Gasteiger partial charge in [0.1, 0.15) is 0 Å². The molecule has 0 bridgehead atoms. The summed E-state index contributed by atoms with van der Waals surface area (Å²) in [7, 11) is 0. The van der Waals surface area contributed by atoms with Gasteiger partial charge < -0.3 is 4.90 Å². The summed E-state index contributed by atoms with van der Waals surface area (Å²) < 4.78 is 0. The molecule has 126 valence electrons. The summed E-state index contributed by atoms with van der Waals surface area (Å²) >= 11 is 0. The minimum Gasteiger partial charge on any atom is -0.309 e. The van der Waals surface area contributed by atoms with Crippen LogP contribution in [0.5, 0.6) is 0 Å². The zero-order chi connectivity index (χ0) is 16.8. The molecule has 0 atom stereocenters. The normalized spacial score (nSPS) is 16.0. The molecule has 1 fully saturated rings. The van der Waals surface area contributed by atoms with Crippen molar-refractivity contribution in [1.29, 1.82) is 0 Å². The number of carbonyl (C=O) groups excluding carboxylic acids is 1. The third-order valence-electron chi connectivity index (χ3n) is 4.68. The highest BCUT2D eigenvalue weighted by molar-refractivity contribution is 5.93. The number of aromatic nitrogens is 1. The summed E-state index contributed by atoms with van der Waals surface area (Å²) in [4.78, 5) is 21.0. The van der Waals surface area contributed by atoms with E-state index in [1.165, 1.54) is 5.56 Å². The van der Waals surface area contributed by atoms with E-state index in [1.54, 1.807) is 12.4 Å². The second-order valence-electron chi connectivity index (χ2n) is 6.32. The molecule has 1 aliphatic heterocycles. The van der Waals surface area contributed by atoms with Crippen LogP contribution in [-0.4, -0.2) is 34.9 Å². The number of nitrogens with zero attached hydrogens (tertiary/aromatic N) is 3. The number of carbonyl (C=O) groups is 1. The van der Waals surface area contributed by atoms with Gasteiger partial charge in [0.05, 0.1) is 0 Å². The van der Waals surface area contributed by atoms with Crippen molar-refractivity contribution in [3.05, 3.63) is 60.4 Å². The van der Waals surface area contributed by atoms with E-state index in [4.69, 9.17) is 0 Å². The van der Waals surface area contributed by atoms with Crippen molar-refractivity contribution >= 4 is 11.6 Å². The Morgan fingerprint density at radius 1 is 1.12 bits per heavy atom. The van der Waals surface area contributed by atoms with Gasteiger partial charge in [-0.25, -0.2) is 0 Å². The van der Waals surface area contributed by atoms with Crippen LogP contribution in [0, 0.1) is 0 Å². The Hall–Kier alpha value is -2.20. The number of benzene rings is 1. The first-order chi connectivity index (χ1) is 11.8. The highest BCUT2D eigenvalue weighted by Crippen LogP contribution is 2.24. The second-order valence-corrected chi connectivity index (χ2v) is 6.32. The van der Waals surface area contributed by atoms with Crippen molar-refractivity contribution in [3.63, 3.8) is 0 Å². The number of hydrogen-bond acceptors (Lipinski definition) is 3. The van der Waals surface area contributed by atoms with E-state index in [9.17, 15) is 4.79 Å². The van der Waals surface area contributed by atoms with Crippen LogP contribution in [0.4, 0.5) is 5.69 Å². The molecule has 0 unspecified atom stereocenters. The molecular formula is C20H25N3O. The van der Waals surface area contributed by atoms with E-state index in [0.29, 0.717) is 6.42 Å². The molecule has 0 spiro atoms. The van der Waals surface area contributed by atoms with Gasteiger partial charge in [-0.2, -0.15) is 0 Å². The lowest BCUT2D eigenvalue weighted by Gasteiger charge is -2.38. The van der Waals surface area contributed by atoms with Crippen molar-refractivity contribution in [3.8, 4) is 0 Å². The third kappa shape index (κ3) is 4.01. The first-order valence-electron chi connectivity index (χ1n) is 8.76. The molecule has 0 radical (unpaired) electrons. The molecule has 1 aliphatic rings. The van der Waals surface area contributed by atoms with Crippen molar-refractivity contribution in [2.24, 2.45) is 0 Å². The van der Waals surface area contributed by atoms with Gasteiger partial charge in [0, 0.05) is 50.2 Å². The quantitative estimate of drug-likeness (QED) is 0.845. The highest BCUT2D eigenvalue weighted by atomic mass is 16.2. The molecule has 1 aromatic carbocycles. The maximum atomic E-state index is 12.5. The number of rotatable bonds is 5. The Morgan fingerprint density at radius 3 is 2.42 bits per heavy atom. The molecule has 24 heavy (non-hydrogen) atoms. The zero-order valence-electron chi connectivity index (χ0n) is 14.3. The summed E-state index contributed by atoms with van der Waals surface area (Å²) in [5.74, 6) is 0.197. The Balaban J connectivity index is 1.64. The summed E-state index contributed by atoms with van der Waals surface area (Å²) in [6.07, 6.45) is 6.08. The third-order valence-corrected chi connectivity index (χ3v) is 4.68. The average molecular weight is 323 g/mol. The van der Waals surface area contributed by atoms with E-state index < -0.39 is 0 Å². The van der Waals surface area contributed by atoms with Crippen LogP contribution in [0.15, 0.2) is 54.9 Å². The highest BCUT2D eigenvalue weighted by Gasteiger charge is 2.28. The molecule has 2 heterocycles. The monoisotopic (exact) mass is 323 g/mol. The molecule has 2 aromatic rings. The smallest absolute Gasteiger partial charge is 0.226 e. The number of pyridine rings is 1. The molecule has 3 rings (SSSR count). The summed E-state index contributed by atoms with van der Waals surface area (Å²) in [6.45, 7) is 4.97. The van der Waals surface area contributed by atoms with E-state index in [0.717, 1.165) is 38.2 Å². The lowest BCUT2D eigenvalue weighted by atomic mass is 10.0. The van der Waals surface area contributed by atoms with Gasteiger partial charge in [-0.05, 0) is 30.5 Å². The first-order valence-corrected chi connectivity index (χ1v) is 8.76. The lowest BCUT2D eigenvalue weighted by molar-refractivity contribution is -0.119. The van der Waals surface area contributed by atoms with Crippen LogP contribution in [0.25, 0.3) is 0 Å². The fraction of sp³-hybridized carbons (Fsp3) is 0.400. The molecule has 0 N–H and O–H groups in total. The molecular weight excluding hydrogens is 298 g/mol. The molecule has 0 saturated carbocycles. The molecule has 1 amide bonds. The van der Waals surface area contributed by atoms with Crippen LogP contribution in [0.2, 0.25) is 0 Å². The SMILES string of the molecule is CCC(=O)N(c1ccncc1)C1CCN(Cc2ccccc2)CC1. The van der Waals surface area contributed by atoms with Crippen LogP contribution >= 0.6 is 0 Å². The van der Waals surface area contributed by atoms with Gasteiger partial charge in [-0.3, -0.25) is 14.7 Å². The zero-order valence-corrected chi connectivity index (χ0v) is 14.3. The molecule has 4 nitrogen and oxygen atoms in total. The summed E-state index contributed by atoms with van der Waals surface area (Å²) in [5.41, 5.74) is 2.32. The van der Waals surface area contributed by atoms with Crippen molar-refractivity contribution in [2.45, 2.75) is 38.8 Å². The number of piperidine rings is 1. The number of anilines is 1. The average Bonchev–Trinajstić information content (AvgIpc) is 2.65. The molecule has 1 saturated heterocycles. The largest absolute Gasteiger partial charge is 0.309 e. The standard InChI is InChI=1S/C20H25N3O/c1-2-20(24)23(18-8-12-21-13-9-18)19-10-14-22(15-11-19)16-17-6-4-3-5-7-17/h3-9,12-13,19H,2,10-11,14-16H2,1H3. The predicted octanol–water partition coefficient (Wildman–Crippen LogP) is 3.49.